The maximum atomic E-state index is 11.0. The molecule has 0 saturated heterocycles. The van der Waals surface area contributed by atoms with Crippen molar-refractivity contribution in [2.24, 2.45) is 0 Å². The Bertz CT molecular complexity index is 855. The number of carboxylic acids is 1. The maximum Gasteiger partial charge on any atom is 0.335 e. The lowest BCUT2D eigenvalue weighted by molar-refractivity contribution is 0.0697. The quantitative estimate of drug-likeness (QED) is 0.544. The van der Waals surface area contributed by atoms with Gasteiger partial charge in [0.05, 0.1) is 17.6 Å². The molecule has 2 N–H and O–H groups in total. The number of hydrogen-bond acceptors (Lipinski definition) is 5. The molecule has 0 fully saturated rings. The molecule has 98 valence electrons. The van der Waals surface area contributed by atoms with Crippen molar-refractivity contribution in [3.8, 4) is 0 Å². The first-order chi connectivity index (χ1) is 9.72. The standard InChI is InChI=1S/C13H9N5O2/c19-13(20)7-1-2-9-10(3-7)17-18-5-8-4-14-6-15-11(8)16-12(9)18/h1-4,6H,5H2,(H,19,20)(H,14,15,16). The number of rotatable bonds is 1. The van der Waals surface area contributed by atoms with Crippen LogP contribution in [0.3, 0.4) is 0 Å². The van der Waals surface area contributed by atoms with E-state index in [-0.39, 0.29) is 5.56 Å². The zero-order chi connectivity index (χ0) is 13.7. The van der Waals surface area contributed by atoms with Crippen LogP contribution in [-0.4, -0.2) is 30.8 Å². The summed E-state index contributed by atoms with van der Waals surface area (Å²) in [6.07, 6.45) is 3.23. The molecule has 0 amide bonds. The largest absolute Gasteiger partial charge is 0.478 e. The Morgan fingerprint density at radius 2 is 2.30 bits per heavy atom. The van der Waals surface area contributed by atoms with E-state index in [2.05, 4.69) is 20.4 Å². The normalized spacial score (nSPS) is 12.6. The average Bonchev–Trinajstić information content (AvgIpc) is 2.81. The summed E-state index contributed by atoms with van der Waals surface area (Å²) in [5.41, 5.74) is 1.82. The van der Waals surface area contributed by atoms with E-state index in [0.717, 1.165) is 22.6 Å². The second-order valence-electron chi connectivity index (χ2n) is 4.56. The van der Waals surface area contributed by atoms with Gasteiger partial charge in [-0.25, -0.2) is 19.4 Å². The van der Waals surface area contributed by atoms with Gasteiger partial charge < -0.3 is 10.4 Å². The van der Waals surface area contributed by atoms with E-state index in [1.165, 1.54) is 6.33 Å². The van der Waals surface area contributed by atoms with Crippen molar-refractivity contribution in [2.45, 2.75) is 6.54 Å². The molecule has 1 aliphatic rings. The number of aromatic nitrogens is 4. The first-order valence-electron chi connectivity index (χ1n) is 6.02. The molecule has 2 aromatic heterocycles. The van der Waals surface area contributed by atoms with Crippen molar-refractivity contribution in [1.29, 1.82) is 0 Å². The summed E-state index contributed by atoms with van der Waals surface area (Å²) < 4.78 is 1.79. The van der Waals surface area contributed by atoms with Crippen LogP contribution in [0.15, 0.2) is 30.7 Å². The molecule has 0 radical (unpaired) electrons. The van der Waals surface area contributed by atoms with Crippen molar-refractivity contribution in [3.63, 3.8) is 0 Å². The Hall–Kier alpha value is -2.96. The molecule has 0 spiro atoms. The molecule has 0 saturated carbocycles. The molecule has 0 unspecified atom stereocenters. The van der Waals surface area contributed by atoms with Gasteiger partial charge >= 0.3 is 5.97 Å². The Balaban J connectivity index is 1.90. The van der Waals surface area contributed by atoms with Gasteiger partial charge in [-0.2, -0.15) is 5.10 Å². The lowest BCUT2D eigenvalue weighted by atomic mass is 10.1. The molecule has 4 rings (SSSR count). The smallest absolute Gasteiger partial charge is 0.335 e. The zero-order valence-corrected chi connectivity index (χ0v) is 10.2. The number of benzene rings is 1. The van der Waals surface area contributed by atoms with E-state index in [9.17, 15) is 4.79 Å². The maximum absolute atomic E-state index is 11.0. The molecule has 0 bridgehead atoms. The molecule has 1 aromatic carbocycles. The number of hydrogen-bond donors (Lipinski definition) is 2. The minimum Gasteiger partial charge on any atom is -0.478 e. The SMILES string of the molecule is O=C(O)c1ccc2c3n(nc2c1)Cc1cncnc1N3. The van der Waals surface area contributed by atoms with Crippen LogP contribution in [0.1, 0.15) is 15.9 Å². The van der Waals surface area contributed by atoms with Crippen molar-refractivity contribution in [3.05, 3.63) is 41.9 Å². The van der Waals surface area contributed by atoms with Gasteiger partial charge in [-0.3, -0.25) is 0 Å². The third kappa shape index (κ3) is 1.46. The number of nitrogens with one attached hydrogen (secondary N) is 1. The van der Waals surface area contributed by atoms with Crippen molar-refractivity contribution >= 4 is 28.5 Å². The molecule has 3 aromatic rings. The van der Waals surface area contributed by atoms with Crippen LogP contribution in [0.25, 0.3) is 10.9 Å². The van der Waals surface area contributed by atoms with Crippen molar-refractivity contribution in [1.82, 2.24) is 19.7 Å². The van der Waals surface area contributed by atoms with Gasteiger partial charge in [0.15, 0.2) is 0 Å². The van der Waals surface area contributed by atoms with Crippen molar-refractivity contribution < 1.29 is 9.90 Å². The van der Waals surface area contributed by atoms with Crippen LogP contribution in [0, 0.1) is 0 Å². The fourth-order valence-electron chi connectivity index (χ4n) is 2.37. The summed E-state index contributed by atoms with van der Waals surface area (Å²) in [6.45, 7) is 0.565. The Morgan fingerprint density at radius 1 is 1.40 bits per heavy atom. The minimum absolute atomic E-state index is 0.227. The van der Waals surface area contributed by atoms with Gasteiger partial charge in [0.25, 0.3) is 0 Å². The minimum atomic E-state index is -0.958. The van der Waals surface area contributed by atoms with Crippen LogP contribution in [0.5, 0.6) is 0 Å². The number of fused-ring (bicyclic) bond motifs is 4. The molecule has 20 heavy (non-hydrogen) atoms. The highest BCUT2D eigenvalue weighted by molar-refractivity contribution is 5.98. The van der Waals surface area contributed by atoms with Crippen LogP contribution >= 0.6 is 0 Å². The summed E-state index contributed by atoms with van der Waals surface area (Å²) in [6, 6.07) is 4.90. The van der Waals surface area contributed by atoms with Gasteiger partial charge in [-0.1, -0.05) is 0 Å². The number of nitrogens with zero attached hydrogens (tertiary/aromatic N) is 4. The third-order valence-corrected chi connectivity index (χ3v) is 3.33. The van der Waals surface area contributed by atoms with Crippen LogP contribution in [0.4, 0.5) is 11.6 Å². The van der Waals surface area contributed by atoms with Crippen LogP contribution < -0.4 is 5.32 Å². The first kappa shape index (κ1) is 10.9. The van der Waals surface area contributed by atoms with Gasteiger partial charge in [0.1, 0.15) is 18.0 Å². The second kappa shape index (κ2) is 3.77. The first-order valence-corrected chi connectivity index (χ1v) is 6.02. The topological polar surface area (TPSA) is 92.9 Å². The highest BCUT2D eigenvalue weighted by Crippen LogP contribution is 2.32. The Kier molecular flexibility index (Phi) is 2.06. The van der Waals surface area contributed by atoms with E-state index >= 15 is 0 Å². The van der Waals surface area contributed by atoms with Gasteiger partial charge in [0, 0.05) is 17.1 Å². The van der Waals surface area contributed by atoms with Crippen LogP contribution in [-0.2, 0) is 6.54 Å². The summed E-state index contributed by atoms with van der Waals surface area (Å²) in [7, 11) is 0. The summed E-state index contributed by atoms with van der Waals surface area (Å²) >= 11 is 0. The molecule has 0 aliphatic carbocycles. The lowest BCUT2D eigenvalue weighted by Gasteiger charge is -2.17. The molecule has 7 nitrogen and oxygen atoms in total. The molecular formula is C13H9N5O2. The summed E-state index contributed by atoms with van der Waals surface area (Å²) in [5, 5.41) is 17.5. The van der Waals surface area contributed by atoms with E-state index in [0.29, 0.717) is 12.1 Å². The molecule has 7 heteroatoms. The second-order valence-corrected chi connectivity index (χ2v) is 4.56. The van der Waals surface area contributed by atoms with E-state index < -0.39 is 5.97 Å². The fraction of sp³-hybridized carbons (Fsp3) is 0.0769. The number of carbonyl (C=O) groups is 1. The predicted octanol–water partition coefficient (Wildman–Crippen LogP) is 1.63. The van der Waals surface area contributed by atoms with E-state index in [4.69, 9.17) is 5.11 Å². The summed E-state index contributed by atoms with van der Waals surface area (Å²) in [4.78, 5) is 19.2. The average molecular weight is 267 g/mol. The monoisotopic (exact) mass is 267 g/mol. The molecular weight excluding hydrogens is 258 g/mol. The summed E-state index contributed by atoms with van der Waals surface area (Å²) in [5.74, 6) is 0.625. The fourth-order valence-corrected chi connectivity index (χ4v) is 2.37. The van der Waals surface area contributed by atoms with Crippen molar-refractivity contribution in [2.75, 3.05) is 5.32 Å². The predicted molar refractivity (Wildman–Crippen MR) is 71.1 cm³/mol. The van der Waals surface area contributed by atoms with Gasteiger partial charge in [-0.05, 0) is 18.2 Å². The Labute approximate surface area is 112 Å². The van der Waals surface area contributed by atoms with Gasteiger partial charge in [0.2, 0.25) is 0 Å². The number of carboxylic acid groups (broad SMARTS) is 1. The molecule has 0 atom stereocenters. The Morgan fingerprint density at radius 3 is 3.15 bits per heavy atom. The molecule has 3 heterocycles. The third-order valence-electron chi connectivity index (χ3n) is 3.33. The number of anilines is 2. The van der Waals surface area contributed by atoms with Gasteiger partial charge in [-0.15, -0.1) is 0 Å². The van der Waals surface area contributed by atoms with E-state index in [1.807, 2.05) is 0 Å². The highest BCUT2D eigenvalue weighted by Gasteiger charge is 2.20. The highest BCUT2D eigenvalue weighted by atomic mass is 16.4. The molecule has 1 aliphatic heterocycles. The zero-order valence-electron chi connectivity index (χ0n) is 10.2. The van der Waals surface area contributed by atoms with Crippen LogP contribution in [0.2, 0.25) is 0 Å². The number of aromatic carboxylic acids is 1. The van der Waals surface area contributed by atoms with E-state index in [1.54, 1.807) is 29.1 Å². The lowest BCUT2D eigenvalue weighted by Crippen LogP contribution is -2.15.